The minimum absolute atomic E-state index is 0.0538. The van der Waals surface area contributed by atoms with Gasteiger partial charge in [-0.3, -0.25) is 0 Å². The van der Waals surface area contributed by atoms with Crippen molar-refractivity contribution in [3.63, 3.8) is 0 Å². The van der Waals surface area contributed by atoms with E-state index in [1.54, 1.807) is 0 Å². The van der Waals surface area contributed by atoms with Gasteiger partial charge in [-0.25, -0.2) is 0 Å². The van der Waals surface area contributed by atoms with Crippen LogP contribution in [0.1, 0.15) is 103 Å². The van der Waals surface area contributed by atoms with Gasteiger partial charge in [0, 0.05) is 6.61 Å². The van der Waals surface area contributed by atoms with Crippen LogP contribution in [0.3, 0.4) is 0 Å². The number of unbranched alkanes of at least 4 members (excludes halogenated alkanes) is 11. The van der Waals surface area contributed by atoms with E-state index in [1.165, 1.54) is 64.2 Å². The maximum absolute atomic E-state index is 10.8. The van der Waals surface area contributed by atoms with E-state index in [-0.39, 0.29) is 6.04 Å². The van der Waals surface area contributed by atoms with Crippen molar-refractivity contribution in [1.82, 2.24) is 0 Å². The summed E-state index contributed by atoms with van der Waals surface area (Å²) in [5, 5.41) is 12.0. The first-order chi connectivity index (χ1) is 10.3. The molecule has 0 saturated carbocycles. The highest BCUT2D eigenvalue weighted by Gasteiger charge is 2.07. The smallest absolute Gasteiger partial charge is 0.0919 e. The van der Waals surface area contributed by atoms with Crippen molar-refractivity contribution in [3.05, 3.63) is 4.91 Å². The van der Waals surface area contributed by atoms with Crippen LogP contribution in [0.4, 0.5) is 0 Å². The maximum atomic E-state index is 10.8. The Balaban J connectivity index is 3.31. The van der Waals surface area contributed by atoms with Gasteiger partial charge in [0.1, 0.15) is 0 Å². The molecule has 0 heterocycles. The third-order valence-electron chi connectivity index (χ3n) is 4.24. The van der Waals surface area contributed by atoms with Gasteiger partial charge in [-0.2, -0.15) is 4.91 Å². The Hall–Kier alpha value is -0.440. The van der Waals surface area contributed by atoms with Gasteiger partial charge in [-0.15, -0.1) is 0 Å². The lowest BCUT2D eigenvalue weighted by Crippen LogP contribution is -2.03. The van der Waals surface area contributed by atoms with Crippen LogP contribution in [0.15, 0.2) is 5.18 Å². The van der Waals surface area contributed by atoms with Gasteiger partial charge in [0.05, 0.1) is 6.04 Å². The number of rotatable bonds is 17. The summed E-state index contributed by atoms with van der Waals surface area (Å²) in [7, 11) is 0. The van der Waals surface area contributed by atoms with E-state index in [2.05, 4.69) is 12.1 Å². The van der Waals surface area contributed by atoms with Crippen molar-refractivity contribution in [2.24, 2.45) is 5.18 Å². The topological polar surface area (TPSA) is 49.7 Å². The van der Waals surface area contributed by atoms with E-state index in [4.69, 9.17) is 5.11 Å². The first-order valence-corrected chi connectivity index (χ1v) is 9.28. The molecular weight excluding hydrogens is 262 g/mol. The highest BCUT2D eigenvalue weighted by molar-refractivity contribution is 4.66. The van der Waals surface area contributed by atoms with Crippen LogP contribution in [0, 0.1) is 4.91 Å². The van der Waals surface area contributed by atoms with Crippen LogP contribution in [0.5, 0.6) is 0 Å². The molecule has 0 saturated heterocycles. The largest absolute Gasteiger partial charge is 0.396 e. The predicted octanol–water partition coefficient (Wildman–Crippen LogP) is 5.99. The Labute approximate surface area is 131 Å². The quantitative estimate of drug-likeness (QED) is 0.265. The minimum atomic E-state index is 0.0538. The maximum Gasteiger partial charge on any atom is 0.0919 e. The molecule has 0 bridgehead atoms. The van der Waals surface area contributed by atoms with Crippen molar-refractivity contribution in [2.75, 3.05) is 6.61 Å². The zero-order chi connectivity index (χ0) is 15.6. The standard InChI is InChI=1S/C18H37NO2/c1-2-3-4-5-6-9-12-15-18(19-21)16-13-10-7-8-11-14-17-20/h18,20H,2-17H2,1H3. The zero-order valence-electron chi connectivity index (χ0n) is 14.2. The molecule has 0 rings (SSSR count). The van der Waals surface area contributed by atoms with Gasteiger partial charge in [0.15, 0.2) is 0 Å². The van der Waals surface area contributed by atoms with Gasteiger partial charge >= 0.3 is 0 Å². The monoisotopic (exact) mass is 299 g/mol. The van der Waals surface area contributed by atoms with Crippen molar-refractivity contribution < 1.29 is 5.11 Å². The molecule has 0 amide bonds. The molecule has 1 atom stereocenters. The van der Waals surface area contributed by atoms with Crippen LogP contribution in [-0.2, 0) is 0 Å². The number of nitrogens with zero attached hydrogens (tertiary/aromatic N) is 1. The van der Waals surface area contributed by atoms with E-state index in [0.29, 0.717) is 6.61 Å². The summed E-state index contributed by atoms with van der Waals surface area (Å²) in [4.78, 5) is 10.8. The number of hydrogen-bond acceptors (Lipinski definition) is 3. The summed E-state index contributed by atoms with van der Waals surface area (Å²) in [6.07, 6.45) is 17.9. The number of aliphatic hydroxyl groups excluding tert-OH is 1. The molecule has 0 aliphatic heterocycles. The van der Waals surface area contributed by atoms with E-state index in [1.807, 2.05) is 0 Å². The fourth-order valence-electron chi connectivity index (χ4n) is 2.79. The molecule has 0 fully saturated rings. The van der Waals surface area contributed by atoms with Gasteiger partial charge in [0.25, 0.3) is 0 Å². The summed E-state index contributed by atoms with van der Waals surface area (Å²) >= 11 is 0. The highest BCUT2D eigenvalue weighted by Crippen LogP contribution is 2.16. The Kier molecular flexibility index (Phi) is 17.2. The average molecular weight is 299 g/mol. The molecule has 1 unspecified atom stereocenters. The average Bonchev–Trinajstić information content (AvgIpc) is 2.51. The molecule has 1 N–H and O–H groups in total. The third kappa shape index (κ3) is 15.8. The van der Waals surface area contributed by atoms with E-state index < -0.39 is 0 Å². The van der Waals surface area contributed by atoms with Crippen molar-refractivity contribution >= 4 is 0 Å². The van der Waals surface area contributed by atoms with Gasteiger partial charge in [0.2, 0.25) is 0 Å². The number of hydrogen-bond donors (Lipinski definition) is 1. The second-order valence-corrected chi connectivity index (χ2v) is 6.30. The Morgan fingerprint density at radius 1 is 0.714 bits per heavy atom. The summed E-state index contributed by atoms with van der Waals surface area (Å²) in [6.45, 7) is 2.56. The summed E-state index contributed by atoms with van der Waals surface area (Å²) < 4.78 is 0. The summed E-state index contributed by atoms with van der Waals surface area (Å²) in [6, 6.07) is 0.0538. The lowest BCUT2D eigenvalue weighted by molar-refractivity contribution is 0.282. The van der Waals surface area contributed by atoms with Crippen molar-refractivity contribution in [1.29, 1.82) is 0 Å². The first kappa shape index (κ1) is 20.6. The molecule has 0 radical (unpaired) electrons. The van der Waals surface area contributed by atoms with Crippen molar-refractivity contribution in [2.45, 2.75) is 109 Å². The third-order valence-corrected chi connectivity index (χ3v) is 4.24. The summed E-state index contributed by atoms with van der Waals surface area (Å²) in [5.74, 6) is 0. The second kappa shape index (κ2) is 17.6. The van der Waals surface area contributed by atoms with Crippen LogP contribution < -0.4 is 0 Å². The lowest BCUT2D eigenvalue weighted by atomic mass is 10.0. The summed E-state index contributed by atoms with van der Waals surface area (Å²) in [5.41, 5.74) is 0. The molecule has 3 nitrogen and oxygen atoms in total. The first-order valence-electron chi connectivity index (χ1n) is 9.28. The Morgan fingerprint density at radius 3 is 1.57 bits per heavy atom. The SMILES string of the molecule is CCCCCCCCCC(CCCCCCCCO)N=O. The fraction of sp³-hybridized carbons (Fsp3) is 1.00. The van der Waals surface area contributed by atoms with Gasteiger partial charge in [-0.1, -0.05) is 89.2 Å². The predicted molar refractivity (Wildman–Crippen MR) is 91.6 cm³/mol. The van der Waals surface area contributed by atoms with Gasteiger partial charge in [-0.05, 0) is 19.3 Å². The Morgan fingerprint density at radius 2 is 1.14 bits per heavy atom. The molecular formula is C18H37NO2. The molecule has 0 aliphatic rings. The molecule has 3 heteroatoms. The second-order valence-electron chi connectivity index (χ2n) is 6.30. The molecule has 0 aromatic heterocycles. The number of nitroso groups, excluding NO2 is 1. The zero-order valence-corrected chi connectivity index (χ0v) is 14.2. The van der Waals surface area contributed by atoms with Crippen LogP contribution in [0.2, 0.25) is 0 Å². The van der Waals surface area contributed by atoms with Crippen LogP contribution in [-0.4, -0.2) is 17.8 Å². The van der Waals surface area contributed by atoms with Crippen molar-refractivity contribution in [3.8, 4) is 0 Å². The van der Waals surface area contributed by atoms with Crippen LogP contribution in [0.25, 0.3) is 0 Å². The van der Waals surface area contributed by atoms with Gasteiger partial charge < -0.3 is 5.11 Å². The molecule has 126 valence electrons. The van der Waals surface area contributed by atoms with E-state index >= 15 is 0 Å². The lowest BCUT2D eigenvalue weighted by Gasteiger charge is -2.09. The number of aliphatic hydroxyl groups is 1. The fourth-order valence-corrected chi connectivity index (χ4v) is 2.79. The molecule has 21 heavy (non-hydrogen) atoms. The van der Waals surface area contributed by atoms with E-state index in [9.17, 15) is 4.91 Å². The normalized spacial score (nSPS) is 12.5. The minimum Gasteiger partial charge on any atom is -0.396 e. The van der Waals surface area contributed by atoms with E-state index in [0.717, 1.165) is 32.1 Å². The highest BCUT2D eigenvalue weighted by atomic mass is 16.3. The van der Waals surface area contributed by atoms with Crippen LogP contribution >= 0.6 is 0 Å². The molecule has 0 aliphatic carbocycles. The Bertz CT molecular complexity index is 191. The molecule has 0 aromatic rings. The molecule has 0 aromatic carbocycles. The molecule has 0 spiro atoms.